The fourth-order valence-electron chi connectivity index (χ4n) is 1.51. The van der Waals surface area contributed by atoms with Crippen LogP contribution in [0.2, 0.25) is 0 Å². The van der Waals surface area contributed by atoms with Gasteiger partial charge in [0.15, 0.2) is 0 Å². The molecule has 0 aliphatic rings. The summed E-state index contributed by atoms with van der Waals surface area (Å²) in [5.74, 6) is -0.222. The van der Waals surface area contributed by atoms with Crippen molar-refractivity contribution in [1.29, 1.82) is 0 Å². The number of nitrogens with zero attached hydrogens (tertiary/aromatic N) is 2. The molecule has 0 atom stereocenters. The normalized spacial score (nSPS) is 10.3. The summed E-state index contributed by atoms with van der Waals surface area (Å²) in [5, 5.41) is 0. The molecule has 17 heavy (non-hydrogen) atoms. The molecule has 0 unspecified atom stereocenters. The Morgan fingerprint density at radius 3 is 2.41 bits per heavy atom. The first-order chi connectivity index (χ1) is 8.08. The summed E-state index contributed by atoms with van der Waals surface area (Å²) in [4.78, 5) is 16.0. The van der Waals surface area contributed by atoms with Crippen molar-refractivity contribution in [3.05, 3.63) is 52.0 Å². The van der Waals surface area contributed by atoms with E-state index in [1.807, 2.05) is 26.0 Å². The molecule has 2 heterocycles. The fraction of sp³-hybridized carbons (Fsp3) is 0.167. The van der Waals surface area contributed by atoms with Crippen molar-refractivity contribution in [3.63, 3.8) is 0 Å². The molecule has 0 fully saturated rings. The van der Waals surface area contributed by atoms with Crippen LogP contribution in [-0.2, 0) is 0 Å². The zero-order valence-electron chi connectivity index (χ0n) is 9.57. The standard InChI is InChI=1S/C12H12BrN3O/c1-8-3-4-9(2)16(8)15-12(17)11-6-5-10(13)7-14-11/h3-7H,1-2H3,(H,15,17). The van der Waals surface area contributed by atoms with E-state index in [9.17, 15) is 4.79 Å². The van der Waals surface area contributed by atoms with Gasteiger partial charge < -0.3 is 0 Å². The number of amides is 1. The van der Waals surface area contributed by atoms with Crippen LogP contribution in [0.5, 0.6) is 0 Å². The molecule has 88 valence electrons. The summed E-state index contributed by atoms with van der Waals surface area (Å²) in [7, 11) is 0. The summed E-state index contributed by atoms with van der Waals surface area (Å²) in [6, 6.07) is 7.36. The number of carbonyl (C=O) groups excluding carboxylic acids is 1. The Labute approximate surface area is 108 Å². The maximum absolute atomic E-state index is 11.9. The lowest BCUT2D eigenvalue weighted by molar-refractivity contribution is 0.100. The molecule has 0 bridgehead atoms. The number of hydrogen-bond acceptors (Lipinski definition) is 2. The number of halogens is 1. The van der Waals surface area contributed by atoms with E-state index in [4.69, 9.17) is 0 Å². The van der Waals surface area contributed by atoms with Crippen LogP contribution in [0.15, 0.2) is 34.9 Å². The topological polar surface area (TPSA) is 46.9 Å². The van der Waals surface area contributed by atoms with Gasteiger partial charge in [-0.15, -0.1) is 0 Å². The summed E-state index contributed by atoms with van der Waals surface area (Å²) in [6.07, 6.45) is 1.60. The maximum atomic E-state index is 11.9. The zero-order valence-corrected chi connectivity index (χ0v) is 11.2. The van der Waals surface area contributed by atoms with Crippen LogP contribution in [-0.4, -0.2) is 15.6 Å². The lowest BCUT2D eigenvalue weighted by Crippen LogP contribution is -2.25. The molecule has 2 aromatic heterocycles. The first-order valence-electron chi connectivity index (χ1n) is 5.16. The first-order valence-corrected chi connectivity index (χ1v) is 5.95. The van der Waals surface area contributed by atoms with Crippen LogP contribution in [0, 0.1) is 13.8 Å². The van der Waals surface area contributed by atoms with Gasteiger partial charge >= 0.3 is 0 Å². The SMILES string of the molecule is Cc1ccc(C)n1NC(=O)c1ccc(Br)cn1. The minimum Gasteiger partial charge on any atom is -0.266 e. The Morgan fingerprint density at radius 2 is 1.88 bits per heavy atom. The summed E-state index contributed by atoms with van der Waals surface area (Å²) in [5.41, 5.74) is 5.14. The Bertz CT molecular complexity index is 526. The third kappa shape index (κ3) is 2.55. The van der Waals surface area contributed by atoms with E-state index in [0.717, 1.165) is 15.9 Å². The van der Waals surface area contributed by atoms with Crippen molar-refractivity contribution < 1.29 is 4.79 Å². The highest BCUT2D eigenvalue weighted by Gasteiger charge is 2.09. The Kier molecular flexibility index (Phi) is 3.28. The van der Waals surface area contributed by atoms with Crippen LogP contribution in [0.4, 0.5) is 0 Å². The maximum Gasteiger partial charge on any atom is 0.288 e. The summed E-state index contributed by atoms with van der Waals surface area (Å²) < 4.78 is 2.59. The molecule has 1 amide bonds. The van der Waals surface area contributed by atoms with Gasteiger partial charge in [-0.05, 0) is 54.0 Å². The van der Waals surface area contributed by atoms with Crippen molar-refractivity contribution in [2.45, 2.75) is 13.8 Å². The van der Waals surface area contributed by atoms with E-state index < -0.39 is 0 Å². The van der Waals surface area contributed by atoms with Gasteiger partial charge in [-0.2, -0.15) is 0 Å². The van der Waals surface area contributed by atoms with Gasteiger partial charge in [0, 0.05) is 22.1 Å². The molecular formula is C12H12BrN3O. The molecule has 2 rings (SSSR count). The molecule has 5 heteroatoms. The number of aromatic nitrogens is 2. The van der Waals surface area contributed by atoms with E-state index in [-0.39, 0.29) is 5.91 Å². The molecular weight excluding hydrogens is 282 g/mol. The number of nitrogens with one attached hydrogen (secondary N) is 1. The lowest BCUT2D eigenvalue weighted by atomic mass is 10.3. The summed E-state index contributed by atoms with van der Waals surface area (Å²) >= 11 is 3.28. The van der Waals surface area contributed by atoms with Gasteiger partial charge in [0.25, 0.3) is 5.91 Å². The van der Waals surface area contributed by atoms with E-state index in [2.05, 4.69) is 26.3 Å². The monoisotopic (exact) mass is 293 g/mol. The van der Waals surface area contributed by atoms with Gasteiger partial charge in [0.2, 0.25) is 0 Å². The molecule has 0 spiro atoms. The molecule has 0 saturated heterocycles. The van der Waals surface area contributed by atoms with Gasteiger partial charge in [0.05, 0.1) is 0 Å². The van der Waals surface area contributed by atoms with Crippen molar-refractivity contribution in [2.24, 2.45) is 0 Å². The van der Waals surface area contributed by atoms with Crippen molar-refractivity contribution in [1.82, 2.24) is 9.66 Å². The van der Waals surface area contributed by atoms with E-state index in [1.165, 1.54) is 0 Å². The van der Waals surface area contributed by atoms with Crippen LogP contribution < -0.4 is 5.43 Å². The van der Waals surface area contributed by atoms with Gasteiger partial charge in [-0.3, -0.25) is 14.9 Å². The quantitative estimate of drug-likeness (QED) is 0.925. The lowest BCUT2D eigenvalue weighted by Gasteiger charge is -2.10. The molecule has 1 N–H and O–H groups in total. The predicted octanol–water partition coefficient (Wildman–Crippen LogP) is 2.65. The molecule has 0 aliphatic heterocycles. The third-order valence-corrected chi connectivity index (χ3v) is 2.91. The van der Waals surface area contributed by atoms with Crippen LogP contribution in [0.1, 0.15) is 21.9 Å². The largest absolute Gasteiger partial charge is 0.288 e. The second-order valence-corrected chi connectivity index (χ2v) is 4.67. The molecule has 0 saturated carbocycles. The molecule has 4 nitrogen and oxygen atoms in total. The highest BCUT2D eigenvalue weighted by Crippen LogP contribution is 2.09. The molecule has 0 aromatic carbocycles. The van der Waals surface area contributed by atoms with Crippen LogP contribution in [0.3, 0.4) is 0 Å². The van der Waals surface area contributed by atoms with Crippen LogP contribution >= 0.6 is 15.9 Å². The number of pyridine rings is 1. The molecule has 0 radical (unpaired) electrons. The second kappa shape index (κ2) is 4.71. The van der Waals surface area contributed by atoms with E-state index in [1.54, 1.807) is 23.0 Å². The van der Waals surface area contributed by atoms with Crippen LogP contribution in [0.25, 0.3) is 0 Å². The minimum absolute atomic E-state index is 0.222. The van der Waals surface area contributed by atoms with Gasteiger partial charge in [-0.1, -0.05) is 0 Å². The second-order valence-electron chi connectivity index (χ2n) is 3.75. The minimum atomic E-state index is -0.222. The average molecular weight is 294 g/mol. The number of hydrogen-bond donors (Lipinski definition) is 1. The van der Waals surface area contributed by atoms with Gasteiger partial charge in [0.1, 0.15) is 5.69 Å². The number of carbonyl (C=O) groups is 1. The zero-order chi connectivity index (χ0) is 12.4. The average Bonchev–Trinajstić information content (AvgIpc) is 2.61. The fourth-order valence-corrected chi connectivity index (χ4v) is 1.75. The smallest absolute Gasteiger partial charge is 0.266 e. The Balaban J connectivity index is 2.20. The predicted molar refractivity (Wildman–Crippen MR) is 69.5 cm³/mol. The van der Waals surface area contributed by atoms with Crippen molar-refractivity contribution in [2.75, 3.05) is 5.43 Å². The third-order valence-electron chi connectivity index (χ3n) is 2.44. The van der Waals surface area contributed by atoms with E-state index >= 15 is 0 Å². The van der Waals surface area contributed by atoms with Gasteiger partial charge in [-0.25, -0.2) is 4.98 Å². The highest BCUT2D eigenvalue weighted by molar-refractivity contribution is 9.10. The van der Waals surface area contributed by atoms with E-state index in [0.29, 0.717) is 5.69 Å². The highest BCUT2D eigenvalue weighted by atomic mass is 79.9. The Hall–Kier alpha value is -1.62. The first kappa shape index (κ1) is 11.9. The summed E-state index contributed by atoms with van der Waals surface area (Å²) in [6.45, 7) is 3.87. The van der Waals surface area contributed by atoms with Crippen molar-refractivity contribution >= 4 is 21.8 Å². The molecule has 2 aromatic rings. The Morgan fingerprint density at radius 1 is 1.24 bits per heavy atom. The molecule has 0 aliphatic carbocycles. The van der Waals surface area contributed by atoms with Crippen molar-refractivity contribution in [3.8, 4) is 0 Å². The number of aryl methyl sites for hydroxylation is 2. The number of rotatable bonds is 2.